The van der Waals surface area contributed by atoms with Gasteiger partial charge in [0.1, 0.15) is 12.1 Å². The third-order valence-electron chi connectivity index (χ3n) is 7.02. The molecule has 3 aliphatic heterocycles. The number of rotatable bonds is 10. The number of methoxy groups -OCH3 is 1. The number of nitrogens with one attached hydrogen (secondary N) is 1. The van der Waals surface area contributed by atoms with Crippen LogP contribution < -0.4 is 5.32 Å². The smallest absolute Gasteiger partial charge is 0.429 e. The van der Waals surface area contributed by atoms with E-state index in [0.29, 0.717) is 25.8 Å². The van der Waals surface area contributed by atoms with E-state index in [-0.39, 0.29) is 47.7 Å². The number of aliphatic hydroxyl groups is 2. The summed E-state index contributed by atoms with van der Waals surface area (Å²) in [5.41, 5.74) is 0.817. The van der Waals surface area contributed by atoms with Crippen LogP contribution in [-0.2, 0) is 19.1 Å². The van der Waals surface area contributed by atoms with Crippen molar-refractivity contribution < 1.29 is 38.2 Å². The summed E-state index contributed by atoms with van der Waals surface area (Å²) in [6, 6.07) is 0. The molecule has 11 heteroatoms. The van der Waals surface area contributed by atoms with Crippen molar-refractivity contribution in [2.45, 2.75) is 44.9 Å². The lowest BCUT2D eigenvalue weighted by Gasteiger charge is -2.31. The predicted molar refractivity (Wildman–Crippen MR) is 138 cm³/mol. The van der Waals surface area contributed by atoms with Crippen molar-refractivity contribution in [1.29, 1.82) is 0 Å². The summed E-state index contributed by atoms with van der Waals surface area (Å²) in [5.74, 6) is -1.70. The maximum Gasteiger partial charge on any atom is 0.429 e. The molecule has 10 nitrogen and oxygen atoms in total. The van der Waals surface area contributed by atoms with Crippen LogP contribution in [-0.4, -0.2) is 89.1 Å². The molecule has 3 heterocycles. The van der Waals surface area contributed by atoms with E-state index < -0.39 is 29.9 Å². The molecule has 4 rings (SSSR count). The molecule has 1 aliphatic carbocycles. The fraction of sp³-hybridized carbons (Fsp3) is 0.481. The molecule has 38 heavy (non-hydrogen) atoms. The number of likely N-dealkylation sites (N-methyl/N-ethyl adjacent to an activating group) is 1. The van der Waals surface area contributed by atoms with E-state index >= 15 is 0 Å². The van der Waals surface area contributed by atoms with E-state index in [1.807, 2.05) is 13.0 Å². The lowest BCUT2D eigenvalue weighted by atomic mass is 9.87. The largest absolute Gasteiger partial charge is 0.505 e. The van der Waals surface area contributed by atoms with Crippen LogP contribution in [0.2, 0.25) is 0 Å². The van der Waals surface area contributed by atoms with Gasteiger partial charge in [-0.15, -0.1) is 4.58 Å². The zero-order valence-electron chi connectivity index (χ0n) is 21.8. The second-order valence-corrected chi connectivity index (χ2v) is 9.49. The number of nitrogens with zero attached hydrogens (tertiary/aromatic N) is 3. The molecule has 3 unspecified atom stereocenters. The van der Waals surface area contributed by atoms with Crippen LogP contribution in [0.25, 0.3) is 0 Å². The summed E-state index contributed by atoms with van der Waals surface area (Å²) in [6.07, 6.45) is 8.07. The third kappa shape index (κ3) is 5.54. The van der Waals surface area contributed by atoms with Gasteiger partial charge in [-0.2, -0.15) is 0 Å². The van der Waals surface area contributed by atoms with E-state index in [4.69, 9.17) is 9.47 Å². The Morgan fingerprint density at radius 3 is 2.97 bits per heavy atom. The van der Waals surface area contributed by atoms with Gasteiger partial charge in [0, 0.05) is 33.4 Å². The van der Waals surface area contributed by atoms with Crippen molar-refractivity contribution in [3.63, 3.8) is 0 Å². The molecule has 0 fully saturated rings. The minimum absolute atomic E-state index is 0.0354. The Morgan fingerprint density at radius 2 is 2.24 bits per heavy atom. The number of halogens is 1. The highest BCUT2D eigenvalue weighted by atomic mass is 19.1. The number of carbonyl (C=O) groups excluding carboxylic acids is 2. The first-order chi connectivity index (χ1) is 18.3. The van der Waals surface area contributed by atoms with Gasteiger partial charge >= 0.3 is 5.91 Å². The monoisotopic (exact) mass is 529 g/mol. The minimum atomic E-state index is -1.49. The van der Waals surface area contributed by atoms with Crippen LogP contribution in [0, 0.1) is 5.92 Å². The summed E-state index contributed by atoms with van der Waals surface area (Å²) in [4.78, 5) is 32.5. The van der Waals surface area contributed by atoms with Crippen molar-refractivity contribution >= 4 is 23.2 Å². The van der Waals surface area contributed by atoms with E-state index in [1.165, 1.54) is 28.9 Å². The summed E-state index contributed by atoms with van der Waals surface area (Å²) in [5, 5.41) is 24.4. The van der Waals surface area contributed by atoms with Crippen molar-refractivity contribution in [1.82, 2.24) is 10.2 Å². The van der Waals surface area contributed by atoms with Gasteiger partial charge in [-0.25, -0.2) is 14.2 Å². The number of allylic oxidation sites excluding steroid dienone is 5. The van der Waals surface area contributed by atoms with Crippen LogP contribution >= 0.6 is 0 Å². The minimum Gasteiger partial charge on any atom is -0.505 e. The molecule has 204 valence electrons. The number of hydrogen-bond donors (Lipinski definition) is 3. The van der Waals surface area contributed by atoms with Gasteiger partial charge in [0.25, 0.3) is 17.4 Å². The van der Waals surface area contributed by atoms with Gasteiger partial charge in [-0.3, -0.25) is 10.1 Å². The lowest BCUT2D eigenvalue weighted by Crippen LogP contribution is -2.53. The van der Waals surface area contributed by atoms with E-state index in [2.05, 4.69) is 10.3 Å². The molecule has 4 aliphatic rings. The van der Waals surface area contributed by atoms with E-state index in [0.717, 1.165) is 12.0 Å². The fourth-order valence-electron chi connectivity index (χ4n) is 4.71. The average molecular weight is 530 g/mol. The van der Waals surface area contributed by atoms with Crippen LogP contribution in [0.3, 0.4) is 0 Å². The Morgan fingerprint density at radius 1 is 1.45 bits per heavy atom. The average Bonchev–Trinajstić information content (AvgIpc) is 3.13. The fourth-order valence-corrected chi connectivity index (χ4v) is 4.71. The number of carbonyl (C=O) groups is 2. The molecule has 0 radical (unpaired) electrons. The summed E-state index contributed by atoms with van der Waals surface area (Å²) >= 11 is 0. The van der Waals surface area contributed by atoms with Crippen molar-refractivity contribution in [3.8, 4) is 0 Å². The summed E-state index contributed by atoms with van der Waals surface area (Å²) < 4.78 is 26.0. The van der Waals surface area contributed by atoms with Crippen molar-refractivity contribution in [2.75, 3.05) is 33.9 Å². The molecule has 0 aromatic rings. The molecule has 3 N–H and O–H groups in total. The number of ether oxygens (including phenoxy) is 2. The first kappa shape index (κ1) is 27.6. The zero-order chi connectivity index (χ0) is 27.4. The molecule has 3 atom stereocenters. The number of aliphatic hydroxyl groups excluding tert-OH is 2. The Hall–Kier alpha value is -3.41. The van der Waals surface area contributed by atoms with Crippen LogP contribution in [0.4, 0.5) is 4.39 Å². The van der Waals surface area contributed by atoms with Crippen molar-refractivity contribution in [3.05, 3.63) is 59.1 Å². The molecule has 0 saturated carbocycles. The van der Waals surface area contributed by atoms with E-state index in [9.17, 15) is 24.2 Å². The van der Waals surface area contributed by atoms with Crippen molar-refractivity contribution in [2.24, 2.45) is 10.9 Å². The van der Waals surface area contributed by atoms with Gasteiger partial charge in [-0.1, -0.05) is 6.08 Å². The first-order valence-electron chi connectivity index (χ1n) is 12.8. The summed E-state index contributed by atoms with van der Waals surface area (Å²) in [6.45, 7) is 2.76. The second kappa shape index (κ2) is 12.0. The number of amides is 2. The second-order valence-electron chi connectivity index (χ2n) is 9.49. The van der Waals surface area contributed by atoms with E-state index in [1.54, 1.807) is 19.3 Å². The topological polar surface area (TPSA) is 124 Å². The highest BCUT2D eigenvalue weighted by molar-refractivity contribution is 6.51. The number of aliphatic imine (C=N–C) groups is 1. The Balaban J connectivity index is 1.69. The number of hydrogen-bond acceptors (Lipinski definition) is 8. The van der Waals surface area contributed by atoms with Gasteiger partial charge in [0.15, 0.2) is 17.0 Å². The predicted octanol–water partition coefficient (Wildman–Crippen LogP) is 2.00. The molecular formula is C27H34FN4O6+. The normalized spacial score (nSPS) is 23.6. The van der Waals surface area contributed by atoms with Gasteiger partial charge < -0.3 is 24.6 Å². The SMILES string of the molecule is CCN(C)C(=O)C1=C[N+]2=C3C(=NC=C(CCC4C=CC(F)=CCC4)C3O1)C(O)=C(C(O)NCCOC)C2=O. The van der Waals surface area contributed by atoms with Crippen LogP contribution in [0.15, 0.2) is 64.1 Å². The first-order valence-corrected chi connectivity index (χ1v) is 12.8. The molecule has 0 aromatic heterocycles. The maximum absolute atomic E-state index is 13.6. The molecule has 0 bridgehead atoms. The highest BCUT2D eigenvalue weighted by Crippen LogP contribution is 2.33. The Kier molecular flexibility index (Phi) is 8.70. The standard InChI is InChI=1S/C27H33FN4O6/c1-4-31(2)26(35)19-15-32-22-21(23(33)20(27(32)36)25(34)29-12-13-37-3)30-14-17(24(22)38-19)10-8-16-6-5-7-18(28)11-9-16/h7,9,11,14-16,24-25,29,34H,4-6,8,10,12-13H2,1-3H3/p+1. The van der Waals surface area contributed by atoms with Crippen LogP contribution in [0.5, 0.6) is 0 Å². The maximum atomic E-state index is 13.6. The molecule has 0 saturated heterocycles. The quantitative estimate of drug-likeness (QED) is 0.225. The Bertz CT molecular complexity index is 1210. The summed E-state index contributed by atoms with van der Waals surface area (Å²) in [7, 11) is 3.13. The Labute approximate surface area is 220 Å². The molecule has 0 aromatic carbocycles. The van der Waals surface area contributed by atoms with Gasteiger partial charge in [0.05, 0.1) is 6.61 Å². The van der Waals surface area contributed by atoms with Crippen LogP contribution in [0.1, 0.15) is 32.6 Å². The molecule has 0 spiro atoms. The van der Waals surface area contributed by atoms with Gasteiger partial charge in [0.2, 0.25) is 12.3 Å². The third-order valence-corrected chi connectivity index (χ3v) is 7.02. The zero-order valence-corrected chi connectivity index (χ0v) is 21.8. The molecule has 2 amide bonds. The van der Waals surface area contributed by atoms with Gasteiger partial charge in [-0.05, 0) is 56.3 Å². The lowest BCUT2D eigenvalue weighted by molar-refractivity contribution is -0.387. The highest BCUT2D eigenvalue weighted by Gasteiger charge is 2.52. The molecular weight excluding hydrogens is 495 g/mol.